The van der Waals surface area contributed by atoms with Crippen molar-refractivity contribution in [1.29, 1.82) is 0 Å². The van der Waals surface area contributed by atoms with Gasteiger partial charge in [0.15, 0.2) is 0 Å². The first-order chi connectivity index (χ1) is 10.5. The molecule has 8 heteroatoms. The molecule has 0 aromatic carbocycles. The molecule has 1 aromatic heterocycles. The van der Waals surface area contributed by atoms with Gasteiger partial charge in [-0.2, -0.15) is 0 Å². The molecule has 2 N–H and O–H groups in total. The van der Waals surface area contributed by atoms with Gasteiger partial charge in [-0.05, 0) is 32.0 Å². The van der Waals surface area contributed by atoms with Crippen LogP contribution in [0.4, 0.5) is 5.69 Å². The number of amides is 1. The van der Waals surface area contributed by atoms with E-state index in [2.05, 4.69) is 14.8 Å². The molecule has 2 bridgehead atoms. The van der Waals surface area contributed by atoms with Crippen LogP contribution < -0.4 is 5.73 Å². The number of piperidine rings is 1. The van der Waals surface area contributed by atoms with E-state index in [1.165, 1.54) is 6.07 Å². The zero-order valence-corrected chi connectivity index (χ0v) is 12.3. The molecule has 0 spiro atoms. The second-order valence-electron chi connectivity index (χ2n) is 5.86. The quantitative estimate of drug-likeness (QED) is 0.636. The van der Waals surface area contributed by atoms with Crippen LogP contribution in [0, 0.1) is 10.1 Å². The summed E-state index contributed by atoms with van der Waals surface area (Å²) >= 11 is 0. The molecular weight excluding hydrogens is 286 g/mol. The Morgan fingerprint density at radius 2 is 2.09 bits per heavy atom. The number of fused-ring (bicyclic) bond motifs is 4. The molecule has 3 saturated heterocycles. The average molecular weight is 305 g/mol. The summed E-state index contributed by atoms with van der Waals surface area (Å²) in [6, 6.07) is 1.98. The van der Waals surface area contributed by atoms with Crippen molar-refractivity contribution in [2.75, 3.05) is 26.2 Å². The third kappa shape index (κ3) is 2.93. The molecule has 118 valence electrons. The Kier molecular flexibility index (Phi) is 4.04. The Morgan fingerprint density at radius 1 is 1.36 bits per heavy atom. The Morgan fingerprint density at radius 3 is 2.73 bits per heavy atom. The zero-order chi connectivity index (χ0) is 15.7. The van der Waals surface area contributed by atoms with Crippen molar-refractivity contribution in [2.24, 2.45) is 5.73 Å². The Labute approximate surface area is 128 Å². The molecule has 3 aliphatic rings. The highest BCUT2D eigenvalue weighted by atomic mass is 16.6. The van der Waals surface area contributed by atoms with Crippen molar-refractivity contribution in [3.05, 3.63) is 33.6 Å². The monoisotopic (exact) mass is 305 g/mol. The first kappa shape index (κ1) is 14.9. The van der Waals surface area contributed by atoms with E-state index in [-0.39, 0.29) is 11.3 Å². The number of nitro groups is 1. The van der Waals surface area contributed by atoms with Crippen LogP contribution in [0.2, 0.25) is 0 Å². The molecule has 0 aliphatic carbocycles. The van der Waals surface area contributed by atoms with Crippen LogP contribution in [0.1, 0.15) is 28.9 Å². The van der Waals surface area contributed by atoms with Crippen molar-refractivity contribution >= 4 is 11.6 Å². The van der Waals surface area contributed by atoms with Gasteiger partial charge in [0, 0.05) is 25.7 Å². The lowest BCUT2D eigenvalue weighted by molar-refractivity contribution is -0.385. The molecule has 3 aliphatic heterocycles. The summed E-state index contributed by atoms with van der Waals surface area (Å²) in [6.07, 6.45) is 3.40. The number of hydrogen-bond acceptors (Lipinski definition) is 6. The largest absolute Gasteiger partial charge is 0.365 e. The maximum absolute atomic E-state index is 11.4. The molecule has 4 heterocycles. The first-order valence-electron chi connectivity index (χ1n) is 7.44. The number of pyridine rings is 1. The summed E-state index contributed by atoms with van der Waals surface area (Å²) in [5.41, 5.74) is 5.50. The predicted octanol–water partition coefficient (Wildman–Crippen LogP) is 0.369. The van der Waals surface area contributed by atoms with Crippen LogP contribution in [-0.4, -0.2) is 57.8 Å². The van der Waals surface area contributed by atoms with Crippen molar-refractivity contribution in [3.8, 4) is 0 Å². The maximum atomic E-state index is 11.4. The van der Waals surface area contributed by atoms with Crippen LogP contribution in [0.5, 0.6) is 0 Å². The summed E-state index contributed by atoms with van der Waals surface area (Å²) in [4.78, 5) is 30.7. The van der Waals surface area contributed by atoms with E-state index in [0.717, 1.165) is 45.2 Å². The third-order valence-electron chi connectivity index (χ3n) is 4.54. The van der Waals surface area contributed by atoms with Gasteiger partial charge in [0.2, 0.25) is 0 Å². The highest BCUT2D eigenvalue weighted by Gasteiger charge is 2.29. The maximum Gasteiger partial charge on any atom is 0.300 e. The van der Waals surface area contributed by atoms with Crippen molar-refractivity contribution in [1.82, 2.24) is 14.8 Å². The summed E-state index contributed by atoms with van der Waals surface area (Å²) in [5.74, 6) is -0.793. The number of nitrogens with two attached hydrogens (primary N) is 1. The molecule has 0 unspecified atom stereocenters. The SMILES string of the molecule is NC(=O)c1cc(CN2CCN3CCC2CC3)ncc1[N+](=O)[O-]. The Hall–Kier alpha value is -2.06. The number of carbonyl (C=O) groups excluding carboxylic acids is 1. The molecule has 0 atom stereocenters. The van der Waals surface area contributed by atoms with Crippen LogP contribution in [0.25, 0.3) is 0 Å². The van der Waals surface area contributed by atoms with Crippen molar-refractivity contribution < 1.29 is 9.72 Å². The number of aromatic nitrogens is 1. The van der Waals surface area contributed by atoms with Crippen LogP contribution in [0.15, 0.2) is 12.3 Å². The van der Waals surface area contributed by atoms with Gasteiger partial charge in [-0.25, -0.2) is 0 Å². The number of rotatable bonds is 4. The first-order valence-corrected chi connectivity index (χ1v) is 7.44. The van der Waals surface area contributed by atoms with Crippen molar-refractivity contribution in [3.63, 3.8) is 0 Å². The van der Waals surface area contributed by atoms with Gasteiger partial charge in [-0.1, -0.05) is 0 Å². The Bertz CT molecular complexity index is 598. The van der Waals surface area contributed by atoms with Gasteiger partial charge in [0.25, 0.3) is 11.6 Å². The van der Waals surface area contributed by atoms with E-state index in [1.807, 2.05) is 0 Å². The van der Waals surface area contributed by atoms with E-state index in [1.54, 1.807) is 0 Å². The lowest BCUT2D eigenvalue weighted by atomic mass is 10.0. The topological polar surface area (TPSA) is 106 Å². The van der Waals surface area contributed by atoms with E-state index in [9.17, 15) is 14.9 Å². The fourth-order valence-electron chi connectivity index (χ4n) is 3.30. The highest BCUT2D eigenvalue weighted by molar-refractivity contribution is 5.96. The minimum Gasteiger partial charge on any atom is -0.365 e. The smallest absolute Gasteiger partial charge is 0.300 e. The number of carbonyl (C=O) groups is 1. The normalized spacial score (nSPS) is 24.9. The standard InChI is InChI=1S/C14H19N5O3/c15-14(20)12-7-10(16-8-13(12)19(21)22)9-18-6-5-17-3-1-11(18)2-4-17/h7-8,11H,1-6,9H2,(H2,15,20). The lowest BCUT2D eigenvalue weighted by Crippen LogP contribution is -2.37. The van der Waals surface area contributed by atoms with E-state index < -0.39 is 10.8 Å². The van der Waals surface area contributed by atoms with E-state index in [4.69, 9.17) is 5.73 Å². The summed E-state index contributed by atoms with van der Waals surface area (Å²) in [5, 5.41) is 10.9. The van der Waals surface area contributed by atoms with Crippen LogP contribution >= 0.6 is 0 Å². The third-order valence-corrected chi connectivity index (χ3v) is 4.54. The van der Waals surface area contributed by atoms with E-state index >= 15 is 0 Å². The van der Waals surface area contributed by atoms with Crippen molar-refractivity contribution in [2.45, 2.75) is 25.4 Å². The predicted molar refractivity (Wildman–Crippen MR) is 79.3 cm³/mol. The number of primary amides is 1. The minimum absolute atomic E-state index is 0.0714. The van der Waals surface area contributed by atoms with Gasteiger partial charge >= 0.3 is 0 Å². The van der Waals surface area contributed by atoms with Crippen LogP contribution in [-0.2, 0) is 6.54 Å². The lowest BCUT2D eigenvalue weighted by Gasteiger charge is -2.31. The van der Waals surface area contributed by atoms with Gasteiger partial charge in [0.05, 0.1) is 10.6 Å². The fraction of sp³-hybridized carbons (Fsp3) is 0.571. The molecular formula is C14H19N5O3. The fourth-order valence-corrected chi connectivity index (χ4v) is 3.30. The van der Waals surface area contributed by atoms with Gasteiger partial charge in [-0.15, -0.1) is 0 Å². The van der Waals surface area contributed by atoms with Gasteiger partial charge in [-0.3, -0.25) is 24.8 Å². The second kappa shape index (κ2) is 5.98. The number of hydrogen-bond donors (Lipinski definition) is 1. The molecule has 0 radical (unpaired) electrons. The summed E-state index contributed by atoms with van der Waals surface area (Å²) in [7, 11) is 0. The van der Waals surface area contributed by atoms with Gasteiger partial charge < -0.3 is 10.6 Å². The van der Waals surface area contributed by atoms with Gasteiger partial charge in [0.1, 0.15) is 11.8 Å². The summed E-state index contributed by atoms with van der Waals surface area (Å²) < 4.78 is 0. The molecule has 0 saturated carbocycles. The second-order valence-corrected chi connectivity index (χ2v) is 5.86. The average Bonchev–Trinajstić information content (AvgIpc) is 2.80. The molecule has 3 fully saturated rings. The Balaban J connectivity index is 1.81. The molecule has 4 rings (SSSR count). The highest BCUT2D eigenvalue weighted by Crippen LogP contribution is 2.24. The summed E-state index contributed by atoms with van der Waals surface area (Å²) in [6.45, 7) is 4.83. The number of nitrogens with zero attached hydrogens (tertiary/aromatic N) is 4. The van der Waals surface area contributed by atoms with Crippen LogP contribution in [0.3, 0.4) is 0 Å². The zero-order valence-electron chi connectivity index (χ0n) is 12.3. The molecule has 1 amide bonds. The van der Waals surface area contributed by atoms with E-state index in [0.29, 0.717) is 18.3 Å². The minimum atomic E-state index is -0.793. The molecule has 1 aromatic rings. The molecule has 22 heavy (non-hydrogen) atoms. The molecule has 8 nitrogen and oxygen atoms in total.